The maximum Gasteiger partial charge on any atom is 0.255 e. The summed E-state index contributed by atoms with van der Waals surface area (Å²) in [5.74, 6) is -0.0444. The summed E-state index contributed by atoms with van der Waals surface area (Å²) in [5, 5.41) is 6.72. The normalized spacial score (nSPS) is 25.7. The fraction of sp³-hybridized carbons (Fsp3) is 0.615. The van der Waals surface area contributed by atoms with Crippen LogP contribution in [0.3, 0.4) is 0 Å². The summed E-state index contributed by atoms with van der Waals surface area (Å²) in [5.41, 5.74) is 0.889. The topological polar surface area (TPSA) is 54.3 Å². The van der Waals surface area contributed by atoms with Crippen LogP contribution in [0.1, 0.15) is 42.5 Å². The standard InChI is InChI=1S/C13H17BrN2O2/c14-11-10(3-7-18-11)12(17)16-9-2-6-15-13(8-9)4-1-5-13/h3,7,9,15H,1-2,4-6,8H2,(H,16,17). The van der Waals surface area contributed by atoms with E-state index in [1.165, 1.54) is 25.5 Å². The van der Waals surface area contributed by atoms with Crippen LogP contribution in [0.2, 0.25) is 0 Å². The number of piperidine rings is 1. The lowest BCUT2D eigenvalue weighted by Crippen LogP contribution is -2.59. The molecule has 2 heterocycles. The van der Waals surface area contributed by atoms with E-state index < -0.39 is 0 Å². The molecule has 1 saturated heterocycles. The van der Waals surface area contributed by atoms with Crippen LogP contribution < -0.4 is 10.6 Å². The Morgan fingerprint density at radius 2 is 2.39 bits per heavy atom. The molecule has 4 nitrogen and oxygen atoms in total. The fourth-order valence-corrected chi connectivity index (χ4v) is 3.40. The van der Waals surface area contributed by atoms with Crippen molar-refractivity contribution in [3.63, 3.8) is 0 Å². The van der Waals surface area contributed by atoms with Gasteiger partial charge in [0, 0.05) is 11.6 Å². The van der Waals surface area contributed by atoms with Gasteiger partial charge in [0.15, 0.2) is 4.67 Å². The van der Waals surface area contributed by atoms with E-state index in [2.05, 4.69) is 26.6 Å². The summed E-state index contributed by atoms with van der Waals surface area (Å²) in [6, 6.07) is 1.97. The quantitative estimate of drug-likeness (QED) is 0.882. The Kier molecular flexibility index (Phi) is 3.20. The molecule has 1 aromatic heterocycles. The fourth-order valence-electron chi connectivity index (χ4n) is 2.98. The number of hydrogen-bond donors (Lipinski definition) is 2. The van der Waals surface area contributed by atoms with Crippen molar-refractivity contribution in [2.24, 2.45) is 0 Å². The monoisotopic (exact) mass is 312 g/mol. The van der Waals surface area contributed by atoms with Crippen LogP contribution in [-0.4, -0.2) is 24.0 Å². The first-order valence-electron chi connectivity index (χ1n) is 6.47. The summed E-state index contributed by atoms with van der Waals surface area (Å²) in [6.07, 6.45) is 7.37. The van der Waals surface area contributed by atoms with E-state index in [1.807, 2.05) is 0 Å². The molecule has 2 N–H and O–H groups in total. The van der Waals surface area contributed by atoms with Gasteiger partial charge in [-0.25, -0.2) is 0 Å². The second kappa shape index (κ2) is 4.70. The van der Waals surface area contributed by atoms with Crippen LogP contribution in [0.15, 0.2) is 21.4 Å². The smallest absolute Gasteiger partial charge is 0.255 e. The highest BCUT2D eigenvalue weighted by Crippen LogP contribution is 2.38. The third-order valence-electron chi connectivity index (χ3n) is 4.14. The van der Waals surface area contributed by atoms with E-state index in [4.69, 9.17) is 4.42 Å². The lowest BCUT2D eigenvalue weighted by atomic mass is 9.70. The summed E-state index contributed by atoms with van der Waals surface area (Å²) in [4.78, 5) is 12.1. The second-order valence-electron chi connectivity index (χ2n) is 5.33. The molecule has 0 bridgehead atoms. The molecular weight excluding hydrogens is 296 g/mol. The minimum Gasteiger partial charge on any atom is -0.457 e. The van der Waals surface area contributed by atoms with E-state index in [0.717, 1.165) is 19.4 Å². The van der Waals surface area contributed by atoms with Gasteiger partial charge < -0.3 is 15.1 Å². The molecular formula is C13H17BrN2O2. The highest BCUT2D eigenvalue weighted by molar-refractivity contribution is 9.10. The molecule has 18 heavy (non-hydrogen) atoms. The summed E-state index contributed by atoms with van der Waals surface area (Å²) in [7, 11) is 0. The van der Waals surface area contributed by atoms with Crippen molar-refractivity contribution in [3.8, 4) is 0 Å². The SMILES string of the molecule is O=C(NC1CCNC2(CCC2)C1)c1ccoc1Br. The highest BCUT2D eigenvalue weighted by Gasteiger charge is 2.41. The first kappa shape index (κ1) is 12.2. The molecule has 3 rings (SSSR count). The van der Waals surface area contributed by atoms with Crippen molar-refractivity contribution < 1.29 is 9.21 Å². The van der Waals surface area contributed by atoms with Crippen molar-refractivity contribution >= 4 is 21.8 Å². The predicted octanol–water partition coefficient (Wildman–Crippen LogP) is 2.45. The molecule has 0 radical (unpaired) electrons. The Morgan fingerprint density at radius 3 is 3.00 bits per heavy atom. The molecule has 1 atom stereocenters. The summed E-state index contributed by atoms with van der Waals surface area (Å²) in [6.45, 7) is 0.998. The molecule has 1 aliphatic heterocycles. The first-order valence-corrected chi connectivity index (χ1v) is 7.27. The Balaban J connectivity index is 1.62. The number of carbonyl (C=O) groups excluding carboxylic acids is 1. The zero-order valence-corrected chi connectivity index (χ0v) is 11.8. The van der Waals surface area contributed by atoms with Crippen molar-refractivity contribution in [1.82, 2.24) is 10.6 Å². The Hall–Kier alpha value is -0.810. The lowest BCUT2D eigenvalue weighted by Gasteiger charge is -2.48. The van der Waals surface area contributed by atoms with Gasteiger partial charge in [0.1, 0.15) is 0 Å². The third-order valence-corrected chi connectivity index (χ3v) is 4.75. The van der Waals surface area contributed by atoms with Crippen LogP contribution >= 0.6 is 15.9 Å². The maximum atomic E-state index is 12.1. The van der Waals surface area contributed by atoms with Crippen molar-refractivity contribution in [2.45, 2.75) is 43.7 Å². The van der Waals surface area contributed by atoms with Crippen LogP contribution in [0.4, 0.5) is 0 Å². The molecule has 1 saturated carbocycles. The molecule has 0 aromatic carbocycles. The number of halogens is 1. The lowest BCUT2D eigenvalue weighted by molar-refractivity contribution is 0.0851. The molecule has 2 aliphatic rings. The minimum atomic E-state index is -0.0444. The zero-order chi connectivity index (χ0) is 12.6. The number of rotatable bonds is 2. The number of furan rings is 1. The van der Waals surface area contributed by atoms with Crippen LogP contribution in [-0.2, 0) is 0 Å². The Labute approximate surface area is 115 Å². The van der Waals surface area contributed by atoms with E-state index in [0.29, 0.717) is 15.8 Å². The van der Waals surface area contributed by atoms with Crippen LogP contribution in [0.25, 0.3) is 0 Å². The number of carbonyl (C=O) groups is 1. The molecule has 1 aromatic rings. The average Bonchev–Trinajstić information content (AvgIpc) is 2.74. The van der Waals surface area contributed by atoms with Crippen molar-refractivity contribution in [3.05, 3.63) is 22.6 Å². The number of hydrogen-bond acceptors (Lipinski definition) is 3. The molecule has 1 aliphatic carbocycles. The maximum absolute atomic E-state index is 12.1. The largest absolute Gasteiger partial charge is 0.457 e. The molecule has 1 unspecified atom stereocenters. The van der Waals surface area contributed by atoms with Gasteiger partial charge in [-0.05, 0) is 60.6 Å². The second-order valence-corrected chi connectivity index (χ2v) is 6.05. The minimum absolute atomic E-state index is 0.0444. The molecule has 5 heteroatoms. The highest BCUT2D eigenvalue weighted by atomic mass is 79.9. The first-order chi connectivity index (χ1) is 8.69. The van der Waals surface area contributed by atoms with Gasteiger partial charge in [-0.1, -0.05) is 0 Å². The third kappa shape index (κ3) is 2.21. The number of amides is 1. The van der Waals surface area contributed by atoms with Crippen molar-refractivity contribution in [2.75, 3.05) is 6.54 Å². The van der Waals surface area contributed by atoms with Crippen LogP contribution in [0.5, 0.6) is 0 Å². The molecule has 1 spiro atoms. The predicted molar refractivity (Wildman–Crippen MR) is 71.5 cm³/mol. The van der Waals surface area contributed by atoms with Crippen LogP contribution in [0, 0.1) is 0 Å². The Bertz CT molecular complexity index is 454. The van der Waals surface area contributed by atoms with E-state index in [1.54, 1.807) is 6.07 Å². The van der Waals surface area contributed by atoms with Gasteiger partial charge in [0.2, 0.25) is 0 Å². The van der Waals surface area contributed by atoms with Gasteiger partial charge in [0.25, 0.3) is 5.91 Å². The molecule has 2 fully saturated rings. The van der Waals surface area contributed by atoms with Gasteiger partial charge in [-0.3, -0.25) is 4.79 Å². The summed E-state index contributed by atoms with van der Waals surface area (Å²) < 4.78 is 5.60. The summed E-state index contributed by atoms with van der Waals surface area (Å²) >= 11 is 3.24. The zero-order valence-electron chi connectivity index (χ0n) is 10.2. The van der Waals surface area contributed by atoms with Gasteiger partial charge >= 0.3 is 0 Å². The van der Waals surface area contributed by atoms with Gasteiger partial charge in [-0.2, -0.15) is 0 Å². The molecule has 98 valence electrons. The van der Waals surface area contributed by atoms with Gasteiger partial charge in [0.05, 0.1) is 11.8 Å². The average molecular weight is 313 g/mol. The van der Waals surface area contributed by atoms with Gasteiger partial charge in [-0.15, -0.1) is 0 Å². The van der Waals surface area contributed by atoms with Crippen molar-refractivity contribution in [1.29, 1.82) is 0 Å². The van der Waals surface area contributed by atoms with E-state index in [-0.39, 0.29) is 11.9 Å². The Morgan fingerprint density at radius 1 is 1.56 bits per heavy atom. The van der Waals surface area contributed by atoms with E-state index >= 15 is 0 Å². The van der Waals surface area contributed by atoms with E-state index in [9.17, 15) is 4.79 Å². The molecule has 1 amide bonds. The number of nitrogens with one attached hydrogen (secondary N) is 2.